The standard InChI is InChI=1S/C19H16N2O5/c22-8-7-21-18(23)10-14(19(21)24)20-13-5-6-15-12(9-13)11-25-16-3-1-2-4-17(16)26-15/h1-6,9-10,20,22H,7-8,11H2. The van der Waals surface area contributed by atoms with Crippen molar-refractivity contribution >= 4 is 17.5 Å². The first-order chi connectivity index (χ1) is 12.7. The molecular weight excluding hydrogens is 336 g/mol. The zero-order valence-corrected chi connectivity index (χ0v) is 13.8. The van der Waals surface area contributed by atoms with E-state index in [0.717, 1.165) is 10.5 Å². The van der Waals surface area contributed by atoms with Crippen LogP contribution in [0.15, 0.2) is 54.2 Å². The van der Waals surface area contributed by atoms with Crippen molar-refractivity contribution in [2.45, 2.75) is 6.61 Å². The van der Waals surface area contributed by atoms with Crippen molar-refractivity contribution in [3.8, 4) is 17.2 Å². The minimum absolute atomic E-state index is 0.0243. The molecule has 2 N–H and O–H groups in total. The van der Waals surface area contributed by atoms with Crippen LogP contribution in [0.25, 0.3) is 0 Å². The summed E-state index contributed by atoms with van der Waals surface area (Å²) in [6, 6.07) is 12.8. The monoisotopic (exact) mass is 352 g/mol. The second kappa shape index (κ2) is 6.53. The van der Waals surface area contributed by atoms with Gasteiger partial charge in [0.15, 0.2) is 11.5 Å². The van der Waals surface area contributed by atoms with E-state index in [4.69, 9.17) is 14.6 Å². The maximum Gasteiger partial charge on any atom is 0.277 e. The Morgan fingerprint density at radius 1 is 1.08 bits per heavy atom. The maximum absolute atomic E-state index is 12.2. The molecule has 0 fully saturated rings. The average Bonchev–Trinajstić information content (AvgIpc) is 2.82. The number of fused-ring (bicyclic) bond motifs is 2. The lowest BCUT2D eigenvalue weighted by Gasteiger charge is -2.14. The normalized spacial score (nSPS) is 15.4. The van der Waals surface area contributed by atoms with Gasteiger partial charge in [0.05, 0.1) is 13.2 Å². The Labute approximate surface area is 149 Å². The Morgan fingerprint density at radius 2 is 1.88 bits per heavy atom. The Hall–Kier alpha value is -3.32. The van der Waals surface area contributed by atoms with Crippen LogP contribution in [-0.2, 0) is 16.2 Å². The van der Waals surface area contributed by atoms with Gasteiger partial charge in [0.1, 0.15) is 18.1 Å². The molecule has 2 aromatic carbocycles. The van der Waals surface area contributed by atoms with E-state index in [0.29, 0.717) is 29.5 Å². The fourth-order valence-corrected chi connectivity index (χ4v) is 2.86. The van der Waals surface area contributed by atoms with Gasteiger partial charge in [0, 0.05) is 17.3 Å². The largest absolute Gasteiger partial charge is 0.485 e. The van der Waals surface area contributed by atoms with Crippen LogP contribution in [0.4, 0.5) is 5.69 Å². The molecule has 7 nitrogen and oxygen atoms in total. The number of amides is 2. The minimum atomic E-state index is -0.459. The predicted molar refractivity (Wildman–Crippen MR) is 92.8 cm³/mol. The quantitative estimate of drug-likeness (QED) is 0.819. The highest BCUT2D eigenvalue weighted by Gasteiger charge is 2.30. The fraction of sp³-hybridized carbons (Fsp3) is 0.158. The Bertz CT molecular complexity index is 922. The van der Waals surface area contributed by atoms with Crippen molar-refractivity contribution in [3.63, 3.8) is 0 Å². The number of nitrogens with one attached hydrogen (secondary N) is 1. The number of carbonyl (C=O) groups excluding carboxylic acids is 2. The first-order valence-electron chi connectivity index (χ1n) is 8.14. The molecule has 26 heavy (non-hydrogen) atoms. The van der Waals surface area contributed by atoms with Gasteiger partial charge in [-0.05, 0) is 30.3 Å². The lowest BCUT2D eigenvalue weighted by Crippen LogP contribution is -2.34. The van der Waals surface area contributed by atoms with Crippen molar-refractivity contribution < 1.29 is 24.2 Å². The summed E-state index contributed by atoms with van der Waals surface area (Å²) < 4.78 is 11.7. The number of aliphatic hydroxyl groups is 1. The van der Waals surface area contributed by atoms with Gasteiger partial charge in [-0.1, -0.05) is 12.1 Å². The number of β-amino-alcohol motifs (C(OH)–C–C–N with tert-alkyl or cyclic N) is 1. The third kappa shape index (κ3) is 2.89. The SMILES string of the molecule is O=C1C=C(Nc2ccc3c(c2)COc2ccccc2O3)C(=O)N1CCO. The number of nitrogens with zero attached hydrogens (tertiary/aromatic N) is 1. The summed E-state index contributed by atoms with van der Waals surface area (Å²) in [5.41, 5.74) is 1.62. The molecule has 2 aromatic rings. The summed E-state index contributed by atoms with van der Waals surface area (Å²) in [6.07, 6.45) is 1.23. The summed E-state index contributed by atoms with van der Waals surface area (Å²) in [7, 11) is 0. The molecule has 0 atom stereocenters. The van der Waals surface area contributed by atoms with E-state index in [-0.39, 0.29) is 18.8 Å². The van der Waals surface area contributed by atoms with Gasteiger partial charge in [0.25, 0.3) is 11.8 Å². The summed E-state index contributed by atoms with van der Waals surface area (Å²) >= 11 is 0. The smallest absolute Gasteiger partial charge is 0.277 e. The Morgan fingerprint density at radius 3 is 2.69 bits per heavy atom. The number of imide groups is 1. The molecule has 4 rings (SSSR count). The van der Waals surface area contributed by atoms with Crippen molar-refractivity contribution in [3.05, 3.63) is 59.8 Å². The molecule has 0 saturated carbocycles. The third-order valence-corrected chi connectivity index (χ3v) is 4.12. The van der Waals surface area contributed by atoms with Gasteiger partial charge in [0.2, 0.25) is 0 Å². The lowest BCUT2D eigenvalue weighted by molar-refractivity contribution is -0.137. The maximum atomic E-state index is 12.2. The number of rotatable bonds is 4. The van der Waals surface area contributed by atoms with E-state index in [2.05, 4.69) is 5.32 Å². The van der Waals surface area contributed by atoms with E-state index >= 15 is 0 Å². The first-order valence-corrected chi connectivity index (χ1v) is 8.14. The van der Waals surface area contributed by atoms with Crippen molar-refractivity contribution in [1.29, 1.82) is 0 Å². The van der Waals surface area contributed by atoms with Gasteiger partial charge in [-0.2, -0.15) is 0 Å². The molecule has 0 radical (unpaired) electrons. The molecule has 0 bridgehead atoms. The molecule has 0 aromatic heterocycles. The number of hydrogen-bond acceptors (Lipinski definition) is 6. The van der Waals surface area contributed by atoms with E-state index in [1.165, 1.54) is 6.08 Å². The number of anilines is 1. The number of carbonyl (C=O) groups is 2. The van der Waals surface area contributed by atoms with Gasteiger partial charge >= 0.3 is 0 Å². The number of benzene rings is 2. The zero-order chi connectivity index (χ0) is 18.1. The molecule has 2 amide bonds. The minimum Gasteiger partial charge on any atom is -0.485 e. The second-order valence-electron chi connectivity index (χ2n) is 5.86. The van der Waals surface area contributed by atoms with Crippen molar-refractivity contribution in [2.75, 3.05) is 18.5 Å². The molecule has 0 aliphatic carbocycles. The van der Waals surface area contributed by atoms with Gasteiger partial charge in [-0.15, -0.1) is 0 Å². The molecule has 0 spiro atoms. The van der Waals surface area contributed by atoms with E-state index < -0.39 is 11.8 Å². The lowest BCUT2D eigenvalue weighted by atomic mass is 10.2. The van der Waals surface area contributed by atoms with Gasteiger partial charge in [-0.3, -0.25) is 14.5 Å². The summed E-state index contributed by atoms with van der Waals surface area (Å²) in [5, 5.41) is 11.9. The average molecular weight is 352 g/mol. The predicted octanol–water partition coefficient (Wildman–Crippen LogP) is 2.03. The topological polar surface area (TPSA) is 88.1 Å². The molecule has 2 heterocycles. The summed E-state index contributed by atoms with van der Waals surface area (Å²) in [6.45, 7) is 0.0284. The van der Waals surface area contributed by atoms with Gasteiger partial charge in [-0.25, -0.2) is 0 Å². The van der Waals surface area contributed by atoms with E-state index in [9.17, 15) is 9.59 Å². The highest BCUT2D eigenvalue weighted by molar-refractivity contribution is 6.17. The fourth-order valence-electron chi connectivity index (χ4n) is 2.86. The number of para-hydroxylation sites is 2. The van der Waals surface area contributed by atoms with Crippen LogP contribution in [0.3, 0.4) is 0 Å². The molecular formula is C19H16N2O5. The molecule has 0 unspecified atom stereocenters. The summed E-state index contributed by atoms with van der Waals surface area (Å²) in [5.74, 6) is 1.08. The number of aliphatic hydroxyl groups excluding tert-OH is 1. The molecule has 2 aliphatic heterocycles. The van der Waals surface area contributed by atoms with Crippen LogP contribution >= 0.6 is 0 Å². The highest BCUT2D eigenvalue weighted by Crippen LogP contribution is 2.38. The second-order valence-corrected chi connectivity index (χ2v) is 5.86. The van der Waals surface area contributed by atoms with Crippen LogP contribution in [0.5, 0.6) is 17.2 Å². The third-order valence-electron chi connectivity index (χ3n) is 4.12. The van der Waals surface area contributed by atoms with Crippen LogP contribution in [0.2, 0.25) is 0 Å². The number of hydrogen-bond donors (Lipinski definition) is 2. The van der Waals surface area contributed by atoms with E-state index in [1.807, 2.05) is 30.3 Å². The summed E-state index contributed by atoms with van der Waals surface area (Å²) in [4.78, 5) is 25.0. The number of ether oxygens (including phenoxy) is 2. The van der Waals surface area contributed by atoms with Crippen LogP contribution in [-0.4, -0.2) is 35.0 Å². The van der Waals surface area contributed by atoms with Crippen molar-refractivity contribution in [1.82, 2.24) is 4.90 Å². The Kier molecular flexibility index (Phi) is 4.06. The molecule has 7 heteroatoms. The van der Waals surface area contributed by atoms with Crippen molar-refractivity contribution in [2.24, 2.45) is 0 Å². The molecule has 2 aliphatic rings. The Balaban J connectivity index is 1.55. The van der Waals surface area contributed by atoms with E-state index in [1.54, 1.807) is 12.1 Å². The van der Waals surface area contributed by atoms with Crippen LogP contribution in [0, 0.1) is 0 Å². The molecule has 132 valence electrons. The highest BCUT2D eigenvalue weighted by atomic mass is 16.5. The van der Waals surface area contributed by atoms with Gasteiger partial charge < -0.3 is 19.9 Å². The molecule has 0 saturated heterocycles. The van der Waals surface area contributed by atoms with Crippen LogP contribution in [0.1, 0.15) is 5.56 Å². The van der Waals surface area contributed by atoms with Crippen LogP contribution < -0.4 is 14.8 Å². The zero-order valence-electron chi connectivity index (χ0n) is 13.8. The first kappa shape index (κ1) is 16.2.